The van der Waals surface area contributed by atoms with E-state index in [1.807, 2.05) is 18.2 Å². The third kappa shape index (κ3) is 4.33. The van der Waals surface area contributed by atoms with Crippen LogP contribution in [0.3, 0.4) is 0 Å². The van der Waals surface area contributed by atoms with Crippen LogP contribution in [0.25, 0.3) is 0 Å². The Bertz CT molecular complexity index is 425. The molecule has 1 aromatic carbocycles. The fourth-order valence-corrected chi connectivity index (χ4v) is 2.45. The molecule has 1 aromatic rings. The van der Waals surface area contributed by atoms with Crippen molar-refractivity contribution in [3.63, 3.8) is 0 Å². The molecule has 1 amide bonds. The van der Waals surface area contributed by atoms with Crippen molar-refractivity contribution in [2.75, 3.05) is 25.5 Å². The van der Waals surface area contributed by atoms with Gasteiger partial charge in [-0.2, -0.15) is 0 Å². The monoisotopic (exact) mass is 261 g/mol. The number of amides is 1. The smallest absolute Gasteiger partial charge is 0.221 e. The van der Waals surface area contributed by atoms with Crippen LogP contribution in [0, 0.1) is 0 Å². The maximum Gasteiger partial charge on any atom is 0.221 e. The van der Waals surface area contributed by atoms with Crippen LogP contribution in [0.5, 0.6) is 0 Å². The second-order valence-corrected chi connectivity index (χ2v) is 5.30. The molecule has 4 nitrogen and oxygen atoms in total. The van der Waals surface area contributed by atoms with Gasteiger partial charge in [-0.1, -0.05) is 18.2 Å². The molecule has 0 aliphatic carbocycles. The maximum atomic E-state index is 11.2. The largest absolute Gasteiger partial charge is 0.326 e. The van der Waals surface area contributed by atoms with E-state index in [2.05, 4.69) is 28.6 Å². The van der Waals surface area contributed by atoms with Gasteiger partial charge in [0.05, 0.1) is 0 Å². The Morgan fingerprint density at radius 1 is 1.32 bits per heavy atom. The first kappa shape index (κ1) is 14.0. The SMILES string of the molecule is CC(=O)Nc1ccccc1CNC1CCN(C)CC1. The first-order chi connectivity index (χ1) is 9.15. The molecule has 4 heteroatoms. The number of benzene rings is 1. The van der Waals surface area contributed by atoms with Gasteiger partial charge in [-0.15, -0.1) is 0 Å². The number of para-hydroxylation sites is 1. The lowest BCUT2D eigenvalue weighted by molar-refractivity contribution is -0.114. The molecular formula is C15H23N3O. The van der Waals surface area contributed by atoms with Gasteiger partial charge >= 0.3 is 0 Å². The molecule has 1 aliphatic heterocycles. The van der Waals surface area contributed by atoms with Crippen LogP contribution in [0.15, 0.2) is 24.3 Å². The van der Waals surface area contributed by atoms with E-state index >= 15 is 0 Å². The summed E-state index contributed by atoms with van der Waals surface area (Å²) in [7, 11) is 2.17. The number of carbonyl (C=O) groups is 1. The van der Waals surface area contributed by atoms with Gasteiger partial charge in [0.15, 0.2) is 0 Å². The number of likely N-dealkylation sites (tertiary alicyclic amines) is 1. The summed E-state index contributed by atoms with van der Waals surface area (Å²) in [5, 5.41) is 6.48. The van der Waals surface area contributed by atoms with Crippen LogP contribution in [-0.2, 0) is 11.3 Å². The minimum absolute atomic E-state index is 0.0215. The van der Waals surface area contributed by atoms with E-state index in [9.17, 15) is 4.79 Å². The molecule has 0 atom stereocenters. The molecule has 1 fully saturated rings. The van der Waals surface area contributed by atoms with Gasteiger partial charge in [0, 0.05) is 25.2 Å². The minimum Gasteiger partial charge on any atom is -0.326 e. The number of hydrogen-bond donors (Lipinski definition) is 2. The lowest BCUT2D eigenvalue weighted by Crippen LogP contribution is -2.40. The molecule has 2 rings (SSSR count). The summed E-state index contributed by atoms with van der Waals surface area (Å²) in [5.74, 6) is -0.0215. The fourth-order valence-electron chi connectivity index (χ4n) is 2.45. The van der Waals surface area contributed by atoms with Crippen LogP contribution in [0.1, 0.15) is 25.3 Å². The molecule has 2 N–H and O–H groups in total. The molecular weight excluding hydrogens is 238 g/mol. The highest BCUT2D eigenvalue weighted by molar-refractivity contribution is 5.89. The summed E-state index contributed by atoms with van der Waals surface area (Å²) in [6.45, 7) is 4.67. The summed E-state index contributed by atoms with van der Waals surface area (Å²) < 4.78 is 0. The van der Waals surface area contributed by atoms with Crippen molar-refractivity contribution < 1.29 is 4.79 Å². The second-order valence-electron chi connectivity index (χ2n) is 5.30. The lowest BCUT2D eigenvalue weighted by Gasteiger charge is -2.29. The van der Waals surface area contributed by atoms with E-state index in [4.69, 9.17) is 0 Å². The molecule has 1 aliphatic rings. The van der Waals surface area contributed by atoms with E-state index in [0.29, 0.717) is 6.04 Å². The molecule has 0 unspecified atom stereocenters. The highest BCUT2D eigenvalue weighted by Gasteiger charge is 2.16. The Kier molecular flexibility index (Phi) is 4.93. The van der Waals surface area contributed by atoms with Crippen LogP contribution in [0.2, 0.25) is 0 Å². The van der Waals surface area contributed by atoms with Crippen molar-refractivity contribution in [3.8, 4) is 0 Å². The summed E-state index contributed by atoms with van der Waals surface area (Å²) in [5.41, 5.74) is 2.06. The molecule has 0 aromatic heterocycles. The van der Waals surface area contributed by atoms with Gasteiger partial charge in [0.2, 0.25) is 5.91 Å². The highest BCUT2D eigenvalue weighted by atomic mass is 16.1. The molecule has 1 saturated heterocycles. The van der Waals surface area contributed by atoms with Gasteiger partial charge in [-0.05, 0) is 44.6 Å². The average Bonchev–Trinajstić information content (AvgIpc) is 2.39. The fraction of sp³-hybridized carbons (Fsp3) is 0.533. The Labute approximate surface area is 115 Å². The quantitative estimate of drug-likeness (QED) is 0.869. The van der Waals surface area contributed by atoms with Crippen molar-refractivity contribution in [1.29, 1.82) is 0 Å². The Morgan fingerprint density at radius 3 is 2.68 bits per heavy atom. The van der Waals surface area contributed by atoms with E-state index in [-0.39, 0.29) is 5.91 Å². The average molecular weight is 261 g/mol. The first-order valence-corrected chi connectivity index (χ1v) is 6.92. The van der Waals surface area contributed by atoms with Gasteiger partial charge in [-0.25, -0.2) is 0 Å². The zero-order valence-electron chi connectivity index (χ0n) is 11.8. The topological polar surface area (TPSA) is 44.4 Å². The number of carbonyl (C=O) groups excluding carboxylic acids is 1. The molecule has 19 heavy (non-hydrogen) atoms. The van der Waals surface area contributed by atoms with Crippen molar-refractivity contribution in [2.45, 2.75) is 32.4 Å². The van der Waals surface area contributed by atoms with Crippen LogP contribution >= 0.6 is 0 Å². The highest BCUT2D eigenvalue weighted by Crippen LogP contribution is 2.16. The van der Waals surface area contributed by atoms with Crippen molar-refractivity contribution in [3.05, 3.63) is 29.8 Å². The van der Waals surface area contributed by atoms with Crippen molar-refractivity contribution in [2.24, 2.45) is 0 Å². The van der Waals surface area contributed by atoms with Crippen LogP contribution < -0.4 is 10.6 Å². The molecule has 0 saturated carbocycles. The van der Waals surface area contributed by atoms with E-state index in [0.717, 1.165) is 30.9 Å². The van der Waals surface area contributed by atoms with Crippen molar-refractivity contribution in [1.82, 2.24) is 10.2 Å². The Balaban J connectivity index is 1.90. The number of rotatable bonds is 4. The normalized spacial score (nSPS) is 17.4. The van der Waals surface area contributed by atoms with Crippen LogP contribution in [0.4, 0.5) is 5.69 Å². The predicted molar refractivity (Wildman–Crippen MR) is 78.1 cm³/mol. The first-order valence-electron chi connectivity index (χ1n) is 6.92. The molecule has 1 heterocycles. The third-order valence-electron chi connectivity index (χ3n) is 3.63. The molecule has 0 radical (unpaired) electrons. The van der Waals surface area contributed by atoms with Crippen LogP contribution in [-0.4, -0.2) is 37.0 Å². The van der Waals surface area contributed by atoms with Crippen molar-refractivity contribution >= 4 is 11.6 Å². The van der Waals surface area contributed by atoms with E-state index in [1.165, 1.54) is 12.8 Å². The molecule has 0 spiro atoms. The lowest BCUT2D eigenvalue weighted by atomic mass is 10.0. The third-order valence-corrected chi connectivity index (χ3v) is 3.63. The summed E-state index contributed by atoms with van der Waals surface area (Å²) in [6.07, 6.45) is 2.39. The summed E-state index contributed by atoms with van der Waals surface area (Å²) >= 11 is 0. The number of nitrogens with zero attached hydrogens (tertiary/aromatic N) is 1. The number of piperidine rings is 1. The van der Waals surface area contributed by atoms with Gasteiger partial charge < -0.3 is 15.5 Å². The number of anilines is 1. The standard InChI is InChI=1S/C15H23N3O/c1-12(19)17-15-6-4-3-5-13(15)11-16-14-7-9-18(2)10-8-14/h3-6,14,16H,7-11H2,1-2H3,(H,17,19). The zero-order valence-corrected chi connectivity index (χ0v) is 11.8. The number of hydrogen-bond acceptors (Lipinski definition) is 3. The minimum atomic E-state index is -0.0215. The summed E-state index contributed by atoms with van der Waals surface area (Å²) in [4.78, 5) is 13.5. The Morgan fingerprint density at radius 2 is 2.00 bits per heavy atom. The predicted octanol–water partition coefficient (Wildman–Crippen LogP) is 1.83. The van der Waals surface area contributed by atoms with Gasteiger partial charge in [-0.3, -0.25) is 4.79 Å². The second kappa shape index (κ2) is 6.68. The van der Waals surface area contributed by atoms with E-state index in [1.54, 1.807) is 6.92 Å². The molecule has 104 valence electrons. The number of nitrogens with one attached hydrogen (secondary N) is 2. The van der Waals surface area contributed by atoms with Gasteiger partial charge in [0.1, 0.15) is 0 Å². The van der Waals surface area contributed by atoms with Gasteiger partial charge in [0.25, 0.3) is 0 Å². The summed E-state index contributed by atoms with van der Waals surface area (Å²) in [6, 6.07) is 8.56. The maximum absolute atomic E-state index is 11.2. The molecule has 0 bridgehead atoms. The van der Waals surface area contributed by atoms with E-state index < -0.39 is 0 Å². The zero-order chi connectivity index (χ0) is 13.7. The Hall–Kier alpha value is -1.39.